The highest BCUT2D eigenvalue weighted by atomic mass is 16.2. The number of nitrogens with two attached hydrogens (primary N) is 1. The van der Waals surface area contributed by atoms with Crippen molar-refractivity contribution >= 4 is 5.91 Å². The van der Waals surface area contributed by atoms with Crippen LogP contribution in [0.3, 0.4) is 0 Å². The molecule has 1 aromatic rings. The number of nitrogens with zero attached hydrogens (tertiary/aromatic N) is 1. The molecule has 1 aliphatic rings. The van der Waals surface area contributed by atoms with E-state index in [0.717, 1.165) is 19.5 Å². The molecule has 1 unspecified atom stereocenters. The van der Waals surface area contributed by atoms with Gasteiger partial charge in [0.05, 0.1) is 6.04 Å². The number of hydrogen-bond acceptors (Lipinski definition) is 3. The van der Waals surface area contributed by atoms with Crippen molar-refractivity contribution in [3.05, 3.63) is 35.9 Å². The van der Waals surface area contributed by atoms with Crippen LogP contribution in [0.25, 0.3) is 0 Å². The third-order valence-electron chi connectivity index (χ3n) is 3.65. The molecule has 4 nitrogen and oxygen atoms in total. The minimum atomic E-state index is -0.427. The zero-order valence-corrected chi connectivity index (χ0v) is 11.5. The topological polar surface area (TPSA) is 58.4 Å². The third kappa shape index (κ3) is 4.04. The van der Waals surface area contributed by atoms with E-state index in [1.54, 1.807) is 6.92 Å². The molecule has 0 bridgehead atoms. The number of benzene rings is 1. The van der Waals surface area contributed by atoms with E-state index >= 15 is 0 Å². The van der Waals surface area contributed by atoms with Crippen LogP contribution >= 0.6 is 0 Å². The van der Waals surface area contributed by atoms with Crippen molar-refractivity contribution in [1.29, 1.82) is 0 Å². The first-order valence-electron chi connectivity index (χ1n) is 6.98. The molecule has 4 heteroatoms. The molecular weight excluding hydrogens is 238 g/mol. The summed E-state index contributed by atoms with van der Waals surface area (Å²) in [6.45, 7) is 4.48. The minimum absolute atomic E-state index is 0.0634. The summed E-state index contributed by atoms with van der Waals surface area (Å²) in [6.07, 6.45) is 2.34. The lowest BCUT2D eigenvalue weighted by atomic mass is 10.1. The number of rotatable bonds is 5. The SMILES string of the molecule is CC(N)C(=O)NC[C@@H]1CCCN1Cc1ccccc1. The molecule has 1 saturated heterocycles. The molecule has 0 spiro atoms. The first-order valence-corrected chi connectivity index (χ1v) is 6.98. The minimum Gasteiger partial charge on any atom is -0.353 e. The number of amides is 1. The smallest absolute Gasteiger partial charge is 0.236 e. The maximum atomic E-state index is 11.5. The fourth-order valence-electron chi connectivity index (χ4n) is 2.53. The van der Waals surface area contributed by atoms with Gasteiger partial charge in [-0.05, 0) is 31.9 Å². The van der Waals surface area contributed by atoms with Gasteiger partial charge < -0.3 is 11.1 Å². The number of hydrogen-bond donors (Lipinski definition) is 2. The van der Waals surface area contributed by atoms with Crippen molar-refractivity contribution in [1.82, 2.24) is 10.2 Å². The Bertz CT molecular complexity index is 405. The standard InChI is InChI=1S/C15H23N3O/c1-12(16)15(19)17-10-14-8-5-9-18(14)11-13-6-3-2-4-7-13/h2-4,6-7,12,14H,5,8-11,16H2,1H3,(H,17,19)/t12?,14-/m0/s1. The van der Waals surface area contributed by atoms with Crippen LogP contribution in [0.2, 0.25) is 0 Å². The molecular formula is C15H23N3O. The van der Waals surface area contributed by atoms with E-state index in [-0.39, 0.29) is 5.91 Å². The predicted octanol–water partition coefficient (Wildman–Crippen LogP) is 1.11. The second-order valence-electron chi connectivity index (χ2n) is 5.29. The monoisotopic (exact) mass is 261 g/mol. The van der Waals surface area contributed by atoms with E-state index in [0.29, 0.717) is 12.6 Å². The van der Waals surface area contributed by atoms with Gasteiger partial charge in [0.2, 0.25) is 5.91 Å². The van der Waals surface area contributed by atoms with Gasteiger partial charge in [-0.2, -0.15) is 0 Å². The summed E-state index contributed by atoms with van der Waals surface area (Å²) in [5, 5.41) is 2.93. The molecule has 1 heterocycles. The number of likely N-dealkylation sites (tertiary alicyclic amines) is 1. The van der Waals surface area contributed by atoms with Crippen molar-refractivity contribution < 1.29 is 4.79 Å². The maximum Gasteiger partial charge on any atom is 0.236 e. The van der Waals surface area contributed by atoms with E-state index in [9.17, 15) is 4.79 Å². The molecule has 0 aliphatic carbocycles. The van der Waals surface area contributed by atoms with Crippen molar-refractivity contribution in [2.24, 2.45) is 5.73 Å². The van der Waals surface area contributed by atoms with Gasteiger partial charge in [0.15, 0.2) is 0 Å². The van der Waals surface area contributed by atoms with Crippen LogP contribution in [0, 0.1) is 0 Å². The average molecular weight is 261 g/mol. The molecule has 1 fully saturated rings. The van der Waals surface area contributed by atoms with E-state index in [1.807, 2.05) is 6.07 Å². The Morgan fingerprint density at radius 3 is 2.89 bits per heavy atom. The van der Waals surface area contributed by atoms with Crippen LogP contribution in [0.1, 0.15) is 25.3 Å². The molecule has 3 N–H and O–H groups in total. The molecule has 0 saturated carbocycles. The predicted molar refractivity (Wildman–Crippen MR) is 76.5 cm³/mol. The third-order valence-corrected chi connectivity index (χ3v) is 3.65. The summed E-state index contributed by atoms with van der Waals surface area (Å²) >= 11 is 0. The van der Waals surface area contributed by atoms with Crippen LogP contribution in [-0.2, 0) is 11.3 Å². The second-order valence-corrected chi connectivity index (χ2v) is 5.29. The molecule has 1 amide bonds. The zero-order chi connectivity index (χ0) is 13.7. The van der Waals surface area contributed by atoms with Gasteiger partial charge >= 0.3 is 0 Å². The Labute approximate surface area is 115 Å². The molecule has 0 radical (unpaired) electrons. The Morgan fingerprint density at radius 1 is 1.47 bits per heavy atom. The van der Waals surface area contributed by atoms with Crippen molar-refractivity contribution in [3.63, 3.8) is 0 Å². The Balaban J connectivity index is 1.85. The van der Waals surface area contributed by atoms with Crippen LogP contribution in [0.15, 0.2) is 30.3 Å². The zero-order valence-electron chi connectivity index (χ0n) is 11.5. The first kappa shape index (κ1) is 14.0. The quantitative estimate of drug-likeness (QED) is 0.835. The second kappa shape index (κ2) is 6.68. The summed E-state index contributed by atoms with van der Waals surface area (Å²) < 4.78 is 0. The van der Waals surface area contributed by atoms with Gasteiger partial charge in [-0.15, -0.1) is 0 Å². The van der Waals surface area contributed by atoms with Gasteiger partial charge in [-0.3, -0.25) is 9.69 Å². The Morgan fingerprint density at radius 2 is 2.21 bits per heavy atom. The number of nitrogens with one attached hydrogen (secondary N) is 1. The molecule has 2 atom stereocenters. The van der Waals surface area contributed by atoms with Gasteiger partial charge in [0, 0.05) is 19.1 Å². The van der Waals surface area contributed by atoms with E-state index in [4.69, 9.17) is 5.73 Å². The van der Waals surface area contributed by atoms with E-state index < -0.39 is 6.04 Å². The van der Waals surface area contributed by atoms with Gasteiger partial charge in [-0.1, -0.05) is 30.3 Å². The highest BCUT2D eigenvalue weighted by Crippen LogP contribution is 2.19. The van der Waals surface area contributed by atoms with Crippen LogP contribution < -0.4 is 11.1 Å². The summed E-state index contributed by atoms with van der Waals surface area (Å²) in [5.74, 6) is -0.0634. The summed E-state index contributed by atoms with van der Waals surface area (Å²) in [5.41, 5.74) is 6.88. The van der Waals surface area contributed by atoms with Crippen LogP contribution in [0.4, 0.5) is 0 Å². The Hall–Kier alpha value is -1.39. The lowest BCUT2D eigenvalue weighted by Crippen LogP contribution is -2.44. The fourth-order valence-corrected chi connectivity index (χ4v) is 2.53. The van der Waals surface area contributed by atoms with Gasteiger partial charge in [0.25, 0.3) is 0 Å². The highest BCUT2D eigenvalue weighted by Gasteiger charge is 2.24. The lowest BCUT2D eigenvalue weighted by Gasteiger charge is -2.25. The largest absolute Gasteiger partial charge is 0.353 e. The fraction of sp³-hybridized carbons (Fsp3) is 0.533. The van der Waals surface area contributed by atoms with Crippen molar-refractivity contribution in [2.45, 2.75) is 38.4 Å². The average Bonchev–Trinajstić information content (AvgIpc) is 2.84. The maximum absolute atomic E-state index is 11.5. The van der Waals surface area contributed by atoms with Crippen LogP contribution in [0.5, 0.6) is 0 Å². The molecule has 19 heavy (non-hydrogen) atoms. The van der Waals surface area contributed by atoms with E-state index in [2.05, 4.69) is 34.5 Å². The number of carbonyl (C=O) groups is 1. The van der Waals surface area contributed by atoms with Gasteiger partial charge in [0.1, 0.15) is 0 Å². The first-order chi connectivity index (χ1) is 9.16. The molecule has 104 valence electrons. The van der Waals surface area contributed by atoms with Crippen molar-refractivity contribution in [3.8, 4) is 0 Å². The number of carbonyl (C=O) groups excluding carboxylic acids is 1. The van der Waals surface area contributed by atoms with Gasteiger partial charge in [-0.25, -0.2) is 0 Å². The normalized spacial score (nSPS) is 21.3. The summed E-state index contributed by atoms with van der Waals surface area (Å²) in [7, 11) is 0. The summed E-state index contributed by atoms with van der Waals surface area (Å²) in [4.78, 5) is 14.0. The van der Waals surface area contributed by atoms with E-state index in [1.165, 1.54) is 12.0 Å². The molecule has 2 rings (SSSR count). The Kier molecular flexibility index (Phi) is 4.93. The highest BCUT2D eigenvalue weighted by molar-refractivity contribution is 5.80. The van der Waals surface area contributed by atoms with Crippen molar-refractivity contribution in [2.75, 3.05) is 13.1 Å². The molecule has 1 aliphatic heterocycles. The summed E-state index contributed by atoms with van der Waals surface area (Å²) in [6, 6.07) is 10.5. The molecule has 1 aromatic carbocycles. The van der Waals surface area contributed by atoms with Crippen LogP contribution in [-0.4, -0.2) is 36.0 Å². The lowest BCUT2D eigenvalue weighted by molar-refractivity contribution is -0.122. The molecule has 0 aromatic heterocycles.